The number of nitrogens with zero attached hydrogens (tertiary/aromatic N) is 5. The maximum absolute atomic E-state index is 13.9. The molecule has 0 bridgehead atoms. The van der Waals surface area contributed by atoms with E-state index in [0.717, 1.165) is 11.1 Å². The standard InChI is InChI=1S/C22H22FN5O4/c1-12(29)21-17-6-14(15-8-24-13(2)25-9-15)4-5-18(17)28(26-21)11-20(30)27-10-16(23)7-19(27)22(31)32-3/h4-6,8-9,16,19H,7,10-11H2,1-3H3/t16-,19-/m1/s1. The molecule has 1 aromatic carbocycles. The number of ether oxygens (including phenoxy) is 1. The van der Waals surface area contributed by atoms with Crippen molar-refractivity contribution >= 4 is 28.6 Å². The van der Waals surface area contributed by atoms with Crippen molar-refractivity contribution in [3.05, 3.63) is 42.1 Å². The highest BCUT2D eigenvalue weighted by molar-refractivity contribution is 6.06. The minimum Gasteiger partial charge on any atom is -0.467 e. The number of carbonyl (C=O) groups excluding carboxylic acids is 3. The zero-order chi connectivity index (χ0) is 23.0. The Hall–Kier alpha value is -3.69. The van der Waals surface area contributed by atoms with Crippen LogP contribution in [0.15, 0.2) is 30.6 Å². The largest absolute Gasteiger partial charge is 0.467 e. The smallest absolute Gasteiger partial charge is 0.328 e. The lowest BCUT2D eigenvalue weighted by atomic mass is 10.0. The lowest BCUT2D eigenvalue weighted by molar-refractivity contribution is -0.151. The Morgan fingerprint density at radius 2 is 1.91 bits per heavy atom. The molecule has 1 saturated heterocycles. The van der Waals surface area contributed by atoms with Gasteiger partial charge in [0.05, 0.1) is 19.2 Å². The van der Waals surface area contributed by atoms with Gasteiger partial charge in [0.15, 0.2) is 5.78 Å². The van der Waals surface area contributed by atoms with Crippen LogP contribution in [0, 0.1) is 6.92 Å². The molecule has 2 atom stereocenters. The van der Waals surface area contributed by atoms with Gasteiger partial charge in [-0.2, -0.15) is 5.10 Å². The van der Waals surface area contributed by atoms with E-state index >= 15 is 0 Å². The van der Waals surface area contributed by atoms with Gasteiger partial charge < -0.3 is 9.64 Å². The average Bonchev–Trinajstić information content (AvgIpc) is 3.34. The summed E-state index contributed by atoms with van der Waals surface area (Å²) in [6.45, 7) is 2.76. The maximum atomic E-state index is 13.9. The summed E-state index contributed by atoms with van der Waals surface area (Å²) >= 11 is 0. The van der Waals surface area contributed by atoms with Crippen LogP contribution < -0.4 is 0 Å². The lowest BCUT2D eigenvalue weighted by Gasteiger charge is -2.22. The van der Waals surface area contributed by atoms with Crippen LogP contribution in [0.5, 0.6) is 0 Å². The number of hydrogen-bond acceptors (Lipinski definition) is 7. The summed E-state index contributed by atoms with van der Waals surface area (Å²) in [7, 11) is 1.20. The summed E-state index contributed by atoms with van der Waals surface area (Å²) in [4.78, 5) is 46.7. The number of carbonyl (C=O) groups is 3. The molecule has 1 aliphatic rings. The Kier molecular flexibility index (Phi) is 5.68. The Balaban J connectivity index is 1.68. The molecule has 3 aromatic rings. The number of aromatic nitrogens is 4. The van der Waals surface area contributed by atoms with Gasteiger partial charge in [-0.05, 0) is 24.6 Å². The zero-order valence-electron chi connectivity index (χ0n) is 17.9. The van der Waals surface area contributed by atoms with E-state index in [2.05, 4.69) is 15.1 Å². The molecule has 32 heavy (non-hydrogen) atoms. The summed E-state index contributed by atoms with van der Waals surface area (Å²) in [5.74, 6) is -0.738. The number of alkyl halides is 1. The molecule has 9 nitrogen and oxygen atoms in total. The summed E-state index contributed by atoms with van der Waals surface area (Å²) in [5, 5.41) is 4.92. The first-order valence-corrected chi connectivity index (χ1v) is 10.1. The van der Waals surface area contributed by atoms with Gasteiger partial charge in [-0.15, -0.1) is 0 Å². The number of amides is 1. The van der Waals surface area contributed by atoms with E-state index in [4.69, 9.17) is 4.74 Å². The van der Waals surface area contributed by atoms with Crippen LogP contribution in [-0.2, 0) is 20.9 Å². The van der Waals surface area contributed by atoms with Crippen molar-refractivity contribution < 1.29 is 23.5 Å². The number of esters is 1. The van der Waals surface area contributed by atoms with Crippen molar-refractivity contribution in [2.24, 2.45) is 0 Å². The molecule has 1 aliphatic heterocycles. The molecule has 0 radical (unpaired) electrons. The highest BCUT2D eigenvalue weighted by Gasteiger charge is 2.40. The quantitative estimate of drug-likeness (QED) is 0.443. The molecule has 0 unspecified atom stereocenters. The Morgan fingerprint density at radius 3 is 2.56 bits per heavy atom. The molecule has 1 amide bonds. The molecule has 10 heteroatoms. The fourth-order valence-corrected chi connectivity index (χ4v) is 3.92. The summed E-state index contributed by atoms with van der Waals surface area (Å²) in [6, 6.07) is 4.42. The third-order valence-corrected chi connectivity index (χ3v) is 5.53. The molecular formula is C22H22FN5O4. The SMILES string of the molecule is COC(=O)[C@H]1C[C@@H](F)CN1C(=O)Cn1nc(C(C)=O)c2cc(-c3cnc(C)nc3)ccc21. The average molecular weight is 439 g/mol. The van der Waals surface area contributed by atoms with Crippen molar-refractivity contribution in [1.82, 2.24) is 24.6 Å². The molecule has 2 aromatic heterocycles. The molecule has 4 rings (SSSR count). The van der Waals surface area contributed by atoms with Crippen molar-refractivity contribution in [1.29, 1.82) is 0 Å². The number of fused-ring (bicyclic) bond motifs is 1. The number of halogens is 1. The summed E-state index contributed by atoms with van der Waals surface area (Å²) in [6.07, 6.45) is 1.99. The molecule has 0 spiro atoms. The first kappa shape index (κ1) is 21.5. The van der Waals surface area contributed by atoms with Crippen LogP contribution in [-0.4, -0.2) is 68.2 Å². The number of rotatable bonds is 5. The molecule has 3 heterocycles. The monoisotopic (exact) mass is 439 g/mol. The fraction of sp³-hybridized carbons (Fsp3) is 0.364. The van der Waals surface area contributed by atoms with Crippen LogP contribution in [0.4, 0.5) is 4.39 Å². The van der Waals surface area contributed by atoms with Gasteiger partial charge in [-0.3, -0.25) is 14.3 Å². The predicted octanol–water partition coefficient (Wildman–Crippen LogP) is 2.12. The number of likely N-dealkylation sites (tertiary alicyclic amines) is 1. The Labute approximate surface area is 183 Å². The number of Topliss-reactive ketones (excluding diaryl/α,β-unsaturated/α-hetero) is 1. The van der Waals surface area contributed by atoms with E-state index in [1.54, 1.807) is 31.5 Å². The van der Waals surface area contributed by atoms with E-state index in [9.17, 15) is 18.8 Å². The van der Waals surface area contributed by atoms with E-state index in [0.29, 0.717) is 16.7 Å². The molecular weight excluding hydrogens is 417 g/mol. The van der Waals surface area contributed by atoms with Crippen molar-refractivity contribution in [3.63, 3.8) is 0 Å². The minimum atomic E-state index is -1.30. The Bertz CT molecular complexity index is 1210. The molecule has 0 saturated carbocycles. The number of ketones is 1. The van der Waals surface area contributed by atoms with Gasteiger partial charge in [-0.1, -0.05) is 6.07 Å². The van der Waals surface area contributed by atoms with Crippen LogP contribution >= 0.6 is 0 Å². The second kappa shape index (κ2) is 8.45. The van der Waals surface area contributed by atoms with Crippen molar-refractivity contribution in [2.45, 2.75) is 39.0 Å². The van der Waals surface area contributed by atoms with E-state index < -0.39 is 24.1 Å². The summed E-state index contributed by atoms with van der Waals surface area (Å²) < 4.78 is 20.0. The second-order valence-corrected chi connectivity index (χ2v) is 7.73. The number of benzene rings is 1. The van der Waals surface area contributed by atoms with Crippen LogP contribution in [0.3, 0.4) is 0 Å². The summed E-state index contributed by atoms with van der Waals surface area (Å²) in [5.41, 5.74) is 2.38. The first-order valence-electron chi connectivity index (χ1n) is 10.1. The predicted molar refractivity (Wildman–Crippen MR) is 113 cm³/mol. The van der Waals surface area contributed by atoms with Gasteiger partial charge >= 0.3 is 5.97 Å². The van der Waals surface area contributed by atoms with Gasteiger partial charge in [0.1, 0.15) is 30.3 Å². The number of hydrogen-bond donors (Lipinski definition) is 0. The first-order chi connectivity index (χ1) is 15.3. The third-order valence-electron chi connectivity index (χ3n) is 5.53. The van der Waals surface area contributed by atoms with Gasteiger partial charge in [-0.25, -0.2) is 19.2 Å². The lowest BCUT2D eigenvalue weighted by Crippen LogP contribution is -2.42. The maximum Gasteiger partial charge on any atom is 0.328 e. The molecule has 166 valence electrons. The van der Waals surface area contributed by atoms with Gasteiger partial charge in [0, 0.05) is 36.7 Å². The van der Waals surface area contributed by atoms with Crippen LogP contribution in [0.25, 0.3) is 22.0 Å². The normalized spacial score (nSPS) is 18.2. The van der Waals surface area contributed by atoms with Gasteiger partial charge in [0.2, 0.25) is 5.91 Å². The van der Waals surface area contributed by atoms with E-state index in [1.165, 1.54) is 23.6 Å². The van der Waals surface area contributed by atoms with E-state index in [1.807, 2.05) is 6.07 Å². The molecule has 0 aliphatic carbocycles. The number of aryl methyl sites for hydroxylation is 1. The molecule has 1 fully saturated rings. The van der Waals surface area contributed by atoms with Crippen LogP contribution in [0.1, 0.15) is 29.7 Å². The topological polar surface area (TPSA) is 107 Å². The van der Waals surface area contributed by atoms with E-state index in [-0.39, 0.29) is 31.0 Å². The van der Waals surface area contributed by atoms with Gasteiger partial charge in [0.25, 0.3) is 0 Å². The van der Waals surface area contributed by atoms with Crippen molar-refractivity contribution in [3.8, 4) is 11.1 Å². The number of methoxy groups -OCH3 is 1. The Morgan fingerprint density at radius 1 is 1.19 bits per heavy atom. The van der Waals surface area contributed by atoms with Crippen molar-refractivity contribution in [2.75, 3.05) is 13.7 Å². The third kappa shape index (κ3) is 3.95. The highest BCUT2D eigenvalue weighted by Crippen LogP contribution is 2.27. The highest BCUT2D eigenvalue weighted by atomic mass is 19.1. The second-order valence-electron chi connectivity index (χ2n) is 7.73. The minimum absolute atomic E-state index is 0.0983. The fourth-order valence-electron chi connectivity index (χ4n) is 3.92. The zero-order valence-corrected chi connectivity index (χ0v) is 17.9. The molecule has 0 N–H and O–H groups in total. The van der Waals surface area contributed by atoms with Crippen LogP contribution in [0.2, 0.25) is 0 Å².